The summed E-state index contributed by atoms with van der Waals surface area (Å²) in [5.74, 6) is -0.184. The molecule has 3 N–H and O–H groups in total. The molecular weight excluding hydrogens is 234 g/mol. The van der Waals surface area contributed by atoms with Crippen molar-refractivity contribution < 1.29 is 14.6 Å². The molecule has 0 aromatic carbocycles. The Morgan fingerprint density at radius 3 is 3.17 bits per heavy atom. The lowest BCUT2D eigenvalue weighted by Crippen LogP contribution is -2.52. The summed E-state index contributed by atoms with van der Waals surface area (Å²) >= 11 is 0. The van der Waals surface area contributed by atoms with Crippen molar-refractivity contribution in [2.45, 2.75) is 19.1 Å². The van der Waals surface area contributed by atoms with Gasteiger partial charge in [-0.05, 0) is 19.1 Å². The first-order valence-corrected chi connectivity index (χ1v) is 5.86. The van der Waals surface area contributed by atoms with Crippen LogP contribution in [0.1, 0.15) is 17.4 Å². The number of nitrogen functional groups attached to an aromatic ring is 1. The molecule has 1 saturated heterocycles. The fraction of sp³-hybridized carbons (Fsp3) is 0.500. The Hall–Kier alpha value is -1.66. The summed E-state index contributed by atoms with van der Waals surface area (Å²) in [6.45, 7) is 2.59. The summed E-state index contributed by atoms with van der Waals surface area (Å²) < 4.78 is 5.39. The van der Waals surface area contributed by atoms with Crippen LogP contribution in [-0.4, -0.2) is 52.8 Å². The maximum Gasteiger partial charge on any atom is 0.272 e. The Bertz CT molecular complexity index is 438. The highest BCUT2D eigenvalue weighted by Gasteiger charge is 2.30. The predicted molar refractivity (Wildman–Crippen MR) is 66.0 cm³/mol. The number of amides is 1. The number of aliphatic hydroxyl groups is 1. The van der Waals surface area contributed by atoms with Crippen molar-refractivity contribution in [2.75, 3.05) is 25.5 Å². The highest BCUT2D eigenvalue weighted by molar-refractivity contribution is 5.93. The first-order valence-electron chi connectivity index (χ1n) is 5.86. The molecule has 0 radical (unpaired) electrons. The number of aromatic nitrogens is 1. The summed E-state index contributed by atoms with van der Waals surface area (Å²) in [6.07, 6.45) is 1.18. The van der Waals surface area contributed by atoms with E-state index in [1.54, 1.807) is 17.0 Å². The topological polar surface area (TPSA) is 88.7 Å². The van der Waals surface area contributed by atoms with Gasteiger partial charge in [0, 0.05) is 18.4 Å². The minimum Gasteiger partial charge on any atom is -0.399 e. The molecule has 1 aliphatic rings. The van der Waals surface area contributed by atoms with Crippen LogP contribution >= 0.6 is 0 Å². The molecule has 6 heteroatoms. The van der Waals surface area contributed by atoms with Crippen LogP contribution in [0.3, 0.4) is 0 Å². The number of carbonyl (C=O) groups is 1. The van der Waals surface area contributed by atoms with Gasteiger partial charge in [0.2, 0.25) is 0 Å². The Morgan fingerprint density at radius 2 is 2.50 bits per heavy atom. The van der Waals surface area contributed by atoms with Gasteiger partial charge in [-0.3, -0.25) is 9.78 Å². The third-order valence-corrected chi connectivity index (χ3v) is 2.97. The van der Waals surface area contributed by atoms with Gasteiger partial charge in [0.15, 0.2) is 0 Å². The van der Waals surface area contributed by atoms with E-state index in [1.807, 2.05) is 6.92 Å². The minimum atomic E-state index is -0.328. The number of hydrogen-bond donors (Lipinski definition) is 2. The van der Waals surface area contributed by atoms with Crippen LogP contribution in [0.15, 0.2) is 18.3 Å². The third kappa shape index (κ3) is 2.60. The third-order valence-electron chi connectivity index (χ3n) is 2.97. The molecule has 1 aromatic rings. The maximum absolute atomic E-state index is 12.3. The van der Waals surface area contributed by atoms with Gasteiger partial charge in [0.25, 0.3) is 5.91 Å². The molecule has 98 valence electrons. The van der Waals surface area contributed by atoms with E-state index >= 15 is 0 Å². The number of nitrogens with zero attached hydrogens (tertiary/aromatic N) is 2. The Labute approximate surface area is 105 Å². The van der Waals surface area contributed by atoms with Crippen LogP contribution in [0.4, 0.5) is 5.69 Å². The van der Waals surface area contributed by atoms with Gasteiger partial charge in [0.05, 0.1) is 25.4 Å². The van der Waals surface area contributed by atoms with Gasteiger partial charge >= 0.3 is 0 Å². The van der Waals surface area contributed by atoms with E-state index in [0.717, 1.165) is 0 Å². The van der Waals surface area contributed by atoms with Crippen molar-refractivity contribution in [1.82, 2.24) is 9.88 Å². The van der Waals surface area contributed by atoms with Gasteiger partial charge in [-0.1, -0.05) is 0 Å². The molecule has 0 bridgehead atoms. The summed E-state index contributed by atoms with van der Waals surface area (Å²) in [7, 11) is 0. The van der Waals surface area contributed by atoms with Crippen LogP contribution in [0.25, 0.3) is 0 Å². The zero-order valence-corrected chi connectivity index (χ0v) is 10.2. The number of morpholine rings is 1. The summed E-state index contributed by atoms with van der Waals surface area (Å²) in [5, 5.41) is 9.09. The first-order chi connectivity index (χ1) is 8.61. The number of aliphatic hydroxyl groups excluding tert-OH is 1. The van der Waals surface area contributed by atoms with E-state index in [-0.39, 0.29) is 24.7 Å². The molecule has 0 spiro atoms. The summed E-state index contributed by atoms with van der Waals surface area (Å²) in [6, 6.07) is 3.15. The molecule has 2 heterocycles. The number of carbonyl (C=O) groups excluding carboxylic acids is 1. The number of ether oxygens (including phenoxy) is 1. The number of anilines is 1. The lowest BCUT2D eigenvalue weighted by molar-refractivity contribution is -0.0668. The minimum absolute atomic E-state index is 0.0384. The van der Waals surface area contributed by atoms with E-state index in [0.29, 0.717) is 24.5 Å². The first kappa shape index (κ1) is 12.8. The van der Waals surface area contributed by atoms with Crippen molar-refractivity contribution in [1.29, 1.82) is 0 Å². The zero-order chi connectivity index (χ0) is 13.1. The highest BCUT2D eigenvalue weighted by Crippen LogP contribution is 2.15. The standard InChI is InChI=1S/C12H17N3O3/c1-8-7-18-10(6-16)5-15(8)12(17)11-4-9(13)2-3-14-11/h2-4,8,10,16H,5-7H2,1H3,(H2,13,14). The van der Waals surface area contributed by atoms with E-state index < -0.39 is 0 Å². The van der Waals surface area contributed by atoms with Crippen LogP contribution < -0.4 is 5.73 Å². The quantitative estimate of drug-likeness (QED) is 0.765. The van der Waals surface area contributed by atoms with Gasteiger partial charge in [-0.25, -0.2) is 0 Å². The number of hydrogen-bond acceptors (Lipinski definition) is 5. The summed E-state index contributed by atoms with van der Waals surface area (Å²) in [5.41, 5.74) is 6.47. The van der Waals surface area contributed by atoms with Crippen molar-refractivity contribution in [2.24, 2.45) is 0 Å². The SMILES string of the molecule is CC1COC(CO)CN1C(=O)c1cc(N)ccn1. The Kier molecular flexibility index (Phi) is 3.78. The van der Waals surface area contributed by atoms with Gasteiger partial charge in [-0.15, -0.1) is 0 Å². The average molecular weight is 251 g/mol. The fourth-order valence-electron chi connectivity index (χ4n) is 1.92. The molecule has 0 saturated carbocycles. The van der Waals surface area contributed by atoms with E-state index in [9.17, 15) is 4.79 Å². The molecule has 1 amide bonds. The van der Waals surface area contributed by atoms with Crippen molar-refractivity contribution >= 4 is 11.6 Å². The number of nitrogens with two attached hydrogens (primary N) is 1. The molecule has 2 atom stereocenters. The molecule has 2 unspecified atom stereocenters. The van der Waals surface area contributed by atoms with Crippen LogP contribution in [0, 0.1) is 0 Å². The zero-order valence-electron chi connectivity index (χ0n) is 10.2. The normalized spacial score (nSPS) is 24.0. The molecule has 1 fully saturated rings. The lowest BCUT2D eigenvalue weighted by Gasteiger charge is -2.37. The second-order valence-electron chi connectivity index (χ2n) is 4.42. The van der Waals surface area contributed by atoms with E-state index in [4.69, 9.17) is 15.6 Å². The second-order valence-corrected chi connectivity index (χ2v) is 4.42. The highest BCUT2D eigenvalue weighted by atomic mass is 16.5. The lowest BCUT2D eigenvalue weighted by atomic mass is 10.1. The molecule has 1 aliphatic heterocycles. The van der Waals surface area contributed by atoms with Crippen LogP contribution in [-0.2, 0) is 4.74 Å². The predicted octanol–water partition coefficient (Wildman–Crippen LogP) is -0.114. The van der Waals surface area contributed by atoms with Gasteiger partial charge in [-0.2, -0.15) is 0 Å². The van der Waals surface area contributed by atoms with E-state index in [1.165, 1.54) is 6.20 Å². The Balaban J connectivity index is 2.16. The molecule has 6 nitrogen and oxygen atoms in total. The Morgan fingerprint density at radius 1 is 1.72 bits per heavy atom. The largest absolute Gasteiger partial charge is 0.399 e. The molecule has 1 aromatic heterocycles. The molecule has 18 heavy (non-hydrogen) atoms. The monoisotopic (exact) mass is 251 g/mol. The second kappa shape index (κ2) is 5.32. The number of pyridine rings is 1. The summed E-state index contributed by atoms with van der Waals surface area (Å²) in [4.78, 5) is 18.0. The van der Waals surface area contributed by atoms with E-state index in [2.05, 4.69) is 4.98 Å². The van der Waals surface area contributed by atoms with Crippen molar-refractivity contribution in [3.8, 4) is 0 Å². The number of rotatable bonds is 2. The smallest absolute Gasteiger partial charge is 0.272 e. The van der Waals surface area contributed by atoms with Crippen molar-refractivity contribution in [3.05, 3.63) is 24.0 Å². The molecule has 2 rings (SSSR count). The van der Waals surface area contributed by atoms with Crippen LogP contribution in [0.2, 0.25) is 0 Å². The molecular formula is C12H17N3O3. The van der Waals surface area contributed by atoms with Gasteiger partial charge < -0.3 is 20.5 Å². The average Bonchev–Trinajstić information content (AvgIpc) is 2.38. The molecule has 0 aliphatic carbocycles. The van der Waals surface area contributed by atoms with Crippen molar-refractivity contribution in [3.63, 3.8) is 0 Å². The van der Waals surface area contributed by atoms with Crippen LogP contribution in [0.5, 0.6) is 0 Å². The maximum atomic E-state index is 12.3. The fourth-order valence-corrected chi connectivity index (χ4v) is 1.92. The van der Waals surface area contributed by atoms with Gasteiger partial charge in [0.1, 0.15) is 5.69 Å².